The molecule has 1 aromatic carbocycles. The Morgan fingerprint density at radius 3 is 2.34 bits per heavy atom. The zero-order valence-electron chi connectivity index (χ0n) is 18.0. The zero-order valence-corrected chi connectivity index (χ0v) is 18.0. The van der Waals surface area contributed by atoms with Crippen LogP contribution in [0.4, 0.5) is 0 Å². The van der Waals surface area contributed by atoms with Crippen molar-refractivity contribution in [2.75, 3.05) is 20.8 Å². The summed E-state index contributed by atoms with van der Waals surface area (Å²) in [6.45, 7) is 8.21. The van der Waals surface area contributed by atoms with Crippen molar-refractivity contribution in [3.8, 4) is 11.5 Å². The molecule has 6 nitrogen and oxygen atoms in total. The van der Waals surface area contributed by atoms with Gasteiger partial charge in [-0.15, -0.1) is 0 Å². The molecule has 1 aromatic heterocycles. The molecule has 0 fully saturated rings. The molecule has 2 aromatic rings. The van der Waals surface area contributed by atoms with E-state index in [9.17, 15) is 4.79 Å². The average molecular weight is 398 g/mol. The molecule has 1 unspecified atom stereocenters. The van der Waals surface area contributed by atoms with Crippen molar-refractivity contribution in [1.82, 2.24) is 15.2 Å². The lowest BCUT2D eigenvalue weighted by atomic mass is 9.85. The molecule has 0 bridgehead atoms. The number of hydrogen-bond donors (Lipinski definition) is 1. The molecule has 0 spiro atoms. The first kappa shape index (κ1) is 21.1. The lowest BCUT2D eigenvalue weighted by Gasteiger charge is -2.37. The first-order valence-electron chi connectivity index (χ1n) is 9.98. The van der Waals surface area contributed by atoms with E-state index in [4.69, 9.17) is 9.47 Å². The van der Waals surface area contributed by atoms with Gasteiger partial charge in [-0.2, -0.15) is 0 Å². The van der Waals surface area contributed by atoms with Crippen LogP contribution >= 0.6 is 0 Å². The van der Waals surface area contributed by atoms with Crippen molar-refractivity contribution < 1.29 is 14.3 Å². The van der Waals surface area contributed by atoms with Gasteiger partial charge in [-0.05, 0) is 52.8 Å². The molecule has 0 radical (unpaired) electrons. The number of aromatic nitrogens is 1. The van der Waals surface area contributed by atoms with Crippen LogP contribution in [0.2, 0.25) is 0 Å². The number of fused-ring (bicyclic) bond motifs is 1. The number of nitrogens with zero attached hydrogens (tertiary/aromatic N) is 2. The van der Waals surface area contributed by atoms with E-state index in [0.717, 1.165) is 23.3 Å². The molecule has 29 heavy (non-hydrogen) atoms. The van der Waals surface area contributed by atoms with E-state index in [1.165, 1.54) is 5.56 Å². The monoisotopic (exact) mass is 397 g/mol. The number of nitrogens with one attached hydrogen (secondary N) is 1. The Labute approximate surface area is 173 Å². The third kappa shape index (κ3) is 4.88. The maximum atomic E-state index is 13.4. The average Bonchev–Trinajstić information content (AvgIpc) is 2.72. The second-order valence-electron chi connectivity index (χ2n) is 8.52. The van der Waals surface area contributed by atoms with Crippen molar-refractivity contribution in [1.29, 1.82) is 0 Å². The minimum Gasteiger partial charge on any atom is -0.493 e. The second-order valence-corrected chi connectivity index (χ2v) is 8.52. The summed E-state index contributed by atoms with van der Waals surface area (Å²) < 4.78 is 10.9. The summed E-state index contributed by atoms with van der Waals surface area (Å²) in [7, 11) is 3.28. The number of amides is 1. The van der Waals surface area contributed by atoms with Crippen LogP contribution in [0.15, 0.2) is 36.7 Å². The van der Waals surface area contributed by atoms with E-state index < -0.39 is 0 Å². The Morgan fingerprint density at radius 2 is 1.76 bits per heavy atom. The maximum Gasteiger partial charge on any atom is 0.240 e. The molecule has 1 N–H and O–H groups in total. The van der Waals surface area contributed by atoms with Crippen molar-refractivity contribution in [3.05, 3.63) is 53.3 Å². The van der Waals surface area contributed by atoms with Gasteiger partial charge in [0.05, 0.1) is 20.3 Å². The highest BCUT2D eigenvalue weighted by Crippen LogP contribution is 2.34. The predicted molar refractivity (Wildman–Crippen MR) is 113 cm³/mol. The SMILES string of the molecule is COc1cc2c(cc1OC)CN(C(=O)C(NCc1ccncc1)C(C)(C)C)CC2. The van der Waals surface area contributed by atoms with Gasteiger partial charge in [-0.3, -0.25) is 9.78 Å². The minimum absolute atomic E-state index is 0.131. The third-order valence-electron chi connectivity index (χ3n) is 5.40. The number of carbonyl (C=O) groups excluding carboxylic acids is 1. The minimum atomic E-state index is -0.280. The molecule has 2 heterocycles. The van der Waals surface area contributed by atoms with Crippen LogP contribution in [0.25, 0.3) is 0 Å². The molecule has 1 amide bonds. The lowest BCUT2D eigenvalue weighted by Crippen LogP contribution is -2.53. The smallest absolute Gasteiger partial charge is 0.240 e. The molecule has 0 saturated heterocycles. The summed E-state index contributed by atoms with van der Waals surface area (Å²) in [6.07, 6.45) is 4.35. The Morgan fingerprint density at radius 1 is 1.14 bits per heavy atom. The number of rotatable bonds is 6. The van der Waals surface area contributed by atoms with E-state index in [0.29, 0.717) is 25.4 Å². The van der Waals surface area contributed by atoms with Gasteiger partial charge in [-0.25, -0.2) is 0 Å². The fourth-order valence-electron chi connectivity index (χ4n) is 3.74. The van der Waals surface area contributed by atoms with E-state index in [2.05, 4.69) is 31.1 Å². The first-order valence-corrected chi connectivity index (χ1v) is 9.98. The van der Waals surface area contributed by atoms with Crippen molar-refractivity contribution in [2.45, 2.75) is 46.3 Å². The summed E-state index contributed by atoms with van der Waals surface area (Å²) in [5, 5.41) is 3.47. The molecular formula is C23H31N3O3. The lowest BCUT2D eigenvalue weighted by molar-refractivity contribution is -0.137. The number of carbonyl (C=O) groups is 1. The second kappa shape index (κ2) is 8.82. The fraction of sp³-hybridized carbons (Fsp3) is 0.478. The molecule has 1 atom stereocenters. The van der Waals surface area contributed by atoms with Gasteiger partial charge < -0.3 is 19.7 Å². The third-order valence-corrected chi connectivity index (χ3v) is 5.40. The Hall–Kier alpha value is -2.60. The maximum absolute atomic E-state index is 13.4. The van der Waals surface area contributed by atoms with Crippen LogP contribution in [0.3, 0.4) is 0 Å². The quantitative estimate of drug-likeness (QED) is 0.811. The van der Waals surface area contributed by atoms with Crippen LogP contribution in [0.1, 0.15) is 37.5 Å². The normalized spacial score (nSPS) is 14.9. The molecule has 6 heteroatoms. The summed E-state index contributed by atoms with van der Waals surface area (Å²) in [4.78, 5) is 19.5. The van der Waals surface area contributed by atoms with E-state index in [1.54, 1.807) is 26.6 Å². The number of pyridine rings is 1. The van der Waals surface area contributed by atoms with Crippen LogP contribution < -0.4 is 14.8 Å². The van der Waals surface area contributed by atoms with Crippen molar-refractivity contribution >= 4 is 5.91 Å². The fourth-order valence-corrected chi connectivity index (χ4v) is 3.74. The summed E-state index contributed by atoms with van der Waals surface area (Å²) in [5.74, 6) is 1.56. The summed E-state index contributed by atoms with van der Waals surface area (Å²) >= 11 is 0. The molecule has 156 valence electrons. The van der Waals surface area contributed by atoms with Crippen molar-refractivity contribution in [2.24, 2.45) is 5.41 Å². The first-order chi connectivity index (χ1) is 13.8. The van der Waals surface area contributed by atoms with Gasteiger partial charge in [0.25, 0.3) is 0 Å². The molecule has 3 rings (SSSR count). The Kier molecular flexibility index (Phi) is 6.42. The van der Waals surface area contributed by atoms with Gasteiger partial charge in [0, 0.05) is 32.0 Å². The zero-order chi connectivity index (χ0) is 21.0. The highest BCUT2D eigenvalue weighted by Gasteiger charge is 2.35. The molecular weight excluding hydrogens is 366 g/mol. The van der Waals surface area contributed by atoms with E-state index in [-0.39, 0.29) is 17.4 Å². The van der Waals surface area contributed by atoms with Crippen LogP contribution in [0, 0.1) is 5.41 Å². The van der Waals surface area contributed by atoms with Gasteiger partial charge in [0.15, 0.2) is 11.5 Å². The highest BCUT2D eigenvalue weighted by atomic mass is 16.5. The molecule has 0 saturated carbocycles. The van der Waals surface area contributed by atoms with Crippen LogP contribution in [-0.2, 0) is 24.3 Å². The Balaban J connectivity index is 1.76. The van der Waals surface area contributed by atoms with E-state index >= 15 is 0 Å². The predicted octanol–water partition coefficient (Wildman–Crippen LogP) is 3.19. The van der Waals surface area contributed by atoms with Gasteiger partial charge in [0.2, 0.25) is 5.91 Å². The molecule has 0 aliphatic carbocycles. The summed E-state index contributed by atoms with van der Waals surface area (Å²) in [6, 6.07) is 7.67. The van der Waals surface area contributed by atoms with Gasteiger partial charge in [-0.1, -0.05) is 20.8 Å². The van der Waals surface area contributed by atoms with E-state index in [1.807, 2.05) is 29.2 Å². The standard InChI is InChI=1S/C23H31N3O3/c1-23(2,3)21(25-14-16-6-9-24-10-7-16)22(27)26-11-8-17-12-19(28-4)20(29-5)13-18(17)15-26/h6-7,9-10,12-13,21,25H,8,11,14-15H2,1-5H3. The summed E-state index contributed by atoms with van der Waals surface area (Å²) in [5.41, 5.74) is 3.23. The number of hydrogen-bond acceptors (Lipinski definition) is 5. The van der Waals surface area contributed by atoms with Crippen LogP contribution in [0.5, 0.6) is 11.5 Å². The Bertz CT molecular complexity index is 846. The number of ether oxygens (including phenoxy) is 2. The van der Waals surface area contributed by atoms with Gasteiger partial charge >= 0.3 is 0 Å². The number of methoxy groups -OCH3 is 2. The van der Waals surface area contributed by atoms with Gasteiger partial charge in [0.1, 0.15) is 0 Å². The molecule has 1 aliphatic rings. The van der Waals surface area contributed by atoms with Crippen LogP contribution in [-0.4, -0.2) is 42.6 Å². The largest absolute Gasteiger partial charge is 0.493 e. The number of benzene rings is 1. The van der Waals surface area contributed by atoms with Crippen molar-refractivity contribution in [3.63, 3.8) is 0 Å². The molecule has 1 aliphatic heterocycles. The highest BCUT2D eigenvalue weighted by molar-refractivity contribution is 5.83. The topological polar surface area (TPSA) is 63.7 Å².